The van der Waals surface area contributed by atoms with Gasteiger partial charge in [-0.1, -0.05) is 120 Å². The first kappa shape index (κ1) is 32.7. The summed E-state index contributed by atoms with van der Waals surface area (Å²) < 4.78 is 7.72. The largest absolute Gasteiger partial charge is 0.507 e. The maximum Gasteiger partial charge on any atom is 0.134 e. The number of ether oxygens (including phenoxy) is 1. The Bertz CT molecular complexity index is 1130. The molecule has 0 aliphatic heterocycles. The van der Waals surface area contributed by atoms with E-state index in [1.165, 1.54) is 96.3 Å². The number of unbranched alkanes of at least 4 members (excludes halogenated alkanes) is 15. The van der Waals surface area contributed by atoms with Crippen LogP contribution >= 0.6 is 11.6 Å². The number of aryl methyl sites for hydroxylation is 1. The van der Waals surface area contributed by atoms with Crippen LogP contribution in [0.5, 0.6) is 11.5 Å². The van der Waals surface area contributed by atoms with Crippen LogP contribution in [-0.4, -0.2) is 26.3 Å². The SMILES string of the molecule is CCCCCCCCCCCCCCCCCCn1cc(COc2ccc(C=Nc3ccc(Cl)cc3)c(O)c2)nn1. The van der Waals surface area contributed by atoms with Crippen molar-refractivity contribution in [2.45, 2.75) is 123 Å². The van der Waals surface area contributed by atoms with Crippen molar-refractivity contribution in [1.82, 2.24) is 15.0 Å². The molecule has 1 N–H and O–H groups in total. The lowest BCUT2D eigenvalue weighted by molar-refractivity contribution is 0.299. The van der Waals surface area contributed by atoms with Crippen LogP contribution in [0.15, 0.2) is 53.7 Å². The average molecular weight is 581 g/mol. The zero-order chi connectivity index (χ0) is 29.0. The van der Waals surface area contributed by atoms with E-state index in [9.17, 15) is 5.11 Å². The lowest BCUT2D eigenvalue weighted by Gasteiger charge is -2.06. The zero-order valence-corrected chi connectivity index (χ0v) is 25.7. The standard InChI is InChI=1S/C34H49ClN4O2/c1-2-3-4-5-6-7-8-9-10-11-12-13-14-15-16-17-24-39-27-32(37-38-39)28-41-33-23-18-29(34(40)25-33)26-36-31-21-19-30(35)20-22-31/h18-23,25-27,40H,2-17,24,28H2,1H3. The molecule has 2 aromatic carbocycles. The Hall–Kier alpha value is -2.86. The highest BCUT2D eigenvalue weighted by Gasteiger charge is 2.05. The minimum absolute atomic E-state index is 0.104. The van der Waals surface area contributed by atoms with E-state index in [0.29, 0.717) is 22.9 Å². The van der Waals surface area contributed by atoms with E-state index in [1.54, 1.807) is 30.5 Å². The van der Waals surface area contributed by atoms with Gasteiger partial charge in [-0.3, -0.25) is 9.67 Å². The lowest BCUT2D eigenvalue weighted by atomic mass is 10.0. The predicted octanol–water partition coefficient (Wildman–Crippen LogP) is 10.2. The van der Waals surface area contributed by atoms with Crippen molar-refractivity contribution < 1.29 is 9.84 Å². The third kappa shape index (κ3) is 14.0. The van der Waals surface area contributed by atoms with Crippen molar-refractivity contribution in [2.24, 2.45) is 4.99 Å². The maximum atomic E-state index is 10.4. The number of hydrogen-bond donors (Lipinski definition) is 1. The van der Waals surface area contributed by atoms with Gasteiger partial charge in [-0.05, 0) is 42.8 Å². The van der Waals surface area contributed by atoms with E-state index >= 15 is 0 Å². The van der Waals surface area contributed by atoms with Crippen LogP contribution < -0.4 is 4.74 Å². The number of aromatic nitrogens is 3. The number of aliphatic imine (C=N–C) groups is 1. The zero-order valence-electron chi connectivity index (χ0n) is 24.9. The maximum absolute atomic E-state index is 10.4. The number of phenolic OH excluding ortho intramolecular Hbond substituents is 1. The molecular weight excluding hydrogens is 532 g/mol. The van der Waals surface area contributed by atoms with Crippen molar-refractivity contribution in [3.05, 3.63) is 64.9 Å². The Morgan fingerprint density at radius 2 is 1.39 bits per heavy atom. The lowest BCUT2D eigenvalue weighted by Crippen LogP contribution is -1.99. The van der Waals surface area contributed by atoms with Crippen molar-refractivity contribution in [1.29, 1.82) is 0 Å². The van der Waals surface area contributed by atoms with Crippen LogP contribution in [0.2, 0.25) is 5.02 Å². The van der Waals surface area contributed by atoms with Gasteiger partial charge in [0.1, 0.15) is 23.8 Å². The number of phenols is 1. The molecule has 1 heterocycles. The molecule has 0 amide bonds. The molecule has 0 saturated heterocycles. The molecule has 6 nitrogen and oxygen atoms in total. The number of benzene rings is 2. The van der Waals surface area contributed by atoms with Crippen LogP contribution in [-0.2, 0) is 13.2 Å². The summed E-state index contributed by atoms with van der Waals surface area (Å²) in [5, 5.41) is 19.5. The molecule has 0 fully saturated rings. The molecule has 0 unspecified atom stereocenters. The first-order chi connectivity index (χ1) is 20.1. The van der Waals surface area contributed by atoms with E-state index in [0.717, 1.165) is 24.3 Å². The van der Waals surface area contributed by atoms with Gasteiger partial charge in [-0.15, -0.1) is 5.10 Å². The van der Waals surface area contributed by atoms with Gasteiger partial charge in [-0.25, -0.2) is 0 Å². The highest BCUT2D eigenvalue weighted by molar-refractivity contribution is 6.30. The van der Waals surface area contributed by atoms with Crippen LogP contribution in [0.3, 0.4) is 0 Å². The highest BCUT2D eigenvalue weighted by Crippen LogP contribution is 2.24. The fourth-order valence-electron chi connectivity index (χ4n) is 4.89. The Balaban J connectivity index is 1.20. The Labute approximate surface area is 252 Å². The smallest absolute Gasteiger partial charge is 0.134 e. The summed E-state index contributed by atoms with van der Waals surface area (Å²) in [7, 11) is 0. The molecule has 41 heavy (non-hydrogen) atoms. The second-order valence-electron chi connectivity index (χ2n) is 11.0. The van der Waals surface area contributed by atoms with E-state index in [-0.39, 0.29) is 5.75 Å². The molecule has 3 aromatic rings. The molecule has 7 heteroatoms. The van der Waals surface area contributed by atoms with Crippen molar-refractivity contribution in [2.75, 3.05) is 0 Å². The average Bonchev–Trinajstić information content (AvgIpc) is 3.44. The third-order valence-electron chi connectivity index (χ3n) is 7.39. The Morgan fingerprint density at radius 3 is 1.98 bits per heavy atom. The van der Waals surface area contributed by atoms with Crippen molar-refractivity contribution in [3.8, 4) is 11.5 Å². The summed E-state index contributed by atoms with van der Waals surface area (Å²) in [5.74, 6) is 0.672. The monoisotopic (exact) mass is 580 g/mol. The minimum Gasteiger partial charge on any atom is -0.507 e. The van der Waals surface area contributed by atoms with E-state index in [4.69, 9.17) is 16.3 Å². The van der Waals surface area contributed by atoms with Gasteiger partial charge in [0.2, 0.25) is 0 Å². The van der Waals surface area contributed by atoms with Gasteiger partial charge < -0.3 is 9.84 Å². The second-order valence-corrected chi connectivity index (χ2v) is 11.5. The molecule has 0 atom stereocenters. The van der Waals surface area contributed by atoms with Gasteiger partial charge in [0, 0.05) is 29.4 Å². The van der Waals surface area contributed by atoms with E-state index < -0.39 is 0 Å². The number of nitrogens with zero attached hydrogens (tertiary/aromatic N) is 4. The molecule has 0 bridgehead atoms. The van der Waals surface area contributed by atoms with Crippen LogP contribution in [0.4, 0.5) is 5.69 Å². The first-order valence-electron chi connectivity index (χ1n) is 15.8. The van der Waals surface area contributed by atoms with Gasteiger partial charge in [0.25, 0.3) is 0 Å². The van der Waals surface area contributed by atoms with Gasteiger partial charge in [0.05, 0.1) is 11.9 Å². The molecule has 0 spiro atoms. The quantitative estimate of drug-likeness (QED) is 0.0947. The predicted molar refractivity (Wildman–Crippen MR) is 171 cm³/mol. The van der Waals surface area contributed by atoms with Gasteiger partial charge in [0.15, 0.2) is 0 Å². The first-order valence-corrected chi connectivity index (χ1v) is 16.2. The molecule has 0 radical (unpaired) electrons. The molecule has 3 rings (SSSR count). The molecule has 0 aliphatic carbocycles. The van der Waals surface area contributed by atoms with Crippen LogP contribution in [0.25, 0.3) is 0 Å². The van der Waals surface area contributed by atoms with E-state index in [1.807, 2.05) is 29.1 Å². The van der Waals surface area contributed by atoms with Crippen LogP contribution in [0.1, 0.15) is 121 Å². The summed E-state index contributed by atoms with van der Waals surface area (Å²) in [6.45, 7) is 3.47. The number of rotatable bonds is 22. The number of hydrogen-bond acceptors (Lipinski definition) is 5. The number of halogens is 1. The topological polar surface area (TPSA) is 72.5 Å². The van der Waals surface area contributed by atoms with Crippen molar-refractivity contribution in [3.63, 3.8) is 0 Å². The second kappa shape index (κ2) is 20.1. The molecular formula is C34H49ClN4O2. The fourth-order valence-corrected chi connectivity index (χ4v) is 5.01. The summed E-state index contributed by atoms with van der Waals surface area (Å²) in [6, 6.07) is 12.4. The molecule has 1 aromatic heterocycles. The summed E-state index contributed by atoms with van der Waals surface area (Å²) in [4.78, 5) is 4.37. The normalized spacial score (nSPS) is 11.5. The highest BCUT2D eigenvalue weighted by atomic mass is 35.5. The minimum atomic E-state index is 0.104. The fraction of sp³-hybridized carbons (Fsp3) is 0.559. The van der Waals surface area contributed by atoms with Gasteiger partial charge >= 0.3 is 0 Å². The number of aromatic hydroxyl groups is 1. The summed E-state index contributed by atoms with van der Waals surface area (Å²) in [6.07, 6.45) is 25.5. The van der Waals surface area contributed by atoms with Crippen LogP contribution in [0, 0.1) is 0 Å². The summed E-state index contributed by atoms with van der Waals surface area (Å²) >= 11 is 5.91. The molecule has 224 valence electrons. The Morgan fingerprint density at radius 1 is 0.805 bits per heavy atom. The Kier molecular flexibility index (Phi) is 16.0. The summed E-state index contributed by atoms with van der Waals surface area (Å²) in [5.41, 5.74) is 2.14. The van der Waals surface area contributed by atoms with Gasteiger partial charge in [-0.2, -0.15) is 0 Å². The van der Waals surface area contributed by atoms with Crippen molar-refractivity contribution >= 4 is 23.5 Å². The molecule has 0 aliphatic rings. The molecule has 0 saturated carbocycles. The van der Waals surface area contributed by atoms with E-state index in [2.05, 4.69) is 22.2 Å². The third-order valence-corrected chi connectivity index (χ3v) is 7.65.